The van der Waals surface area contributed by atoms with Gasteiger partial charge in [-0.1, -0.05) is 42.1 Å². The monoisotopic (exact) mass is 529 g/mol. The van der Waals surface area contributed by atoms with E-state index in [0.29, 0.717) is 25.3 Å². The zero-order chi connectivity index (χ0) is 26.8. The van der Waals surface area contributed by atoms with Crippen LogP contribution in [0.1, 0.15) is 37.8 Å². The number of nitrogens with one attached hydrogen (secondary N) is 2. The smallest absolute Gasteiger partial charge is 0.356 e. The molecule has 37 heavy (non-hydrogen) atoms. The lowest BCUT2D eigenvalue weighted by Gasteiger charge is -2.37. The first-order valence-electron chi connectivity index (χ1n) is 11.8. The van der Waals surface area contributed by atoms with Crippen LogP contribution in [-0.4, -0.2) is 53.9 Å². The van der Waals surface area contributed by atoms with Gasteiger partial charge in [0.1, 0.15) is 21.5 Å². The van der Waals surface area contributed by atoms with Gasteiger partial charge in [-0.3, -0.25) is 15.1 Å². The van der Waals surface area contributed by atoms with E-state index >= 15 is 0 Å². The summed E-state index contributed by atoms with van der Waals surface area (Å²) in [5.74, 6) is -0.940. The lowest BCUT2D eigenvalue weighted by molar-refractivity contribution is -0.121. The summed E-state index contributed by atoms with van der Waals surface area (Å²) < 4.78 is 28.9. The van der Waals surface area contributed by atoms with Crippen LogP contribution in [0.4, 0.5) is 13.6 Å². The van der Waals surface area contributed by atoms with Crippen LogP contribution >= 0.6 is 11.8 Å². The highest BCUT2D eigenvalue weighted by atomic mass is 32.2. The van der Waals surface area contributed by atoms with Crippen molar-refractivity contribution in [1.82, 2.24) is 20.7 Å². The maximum atomic E-state index is 14.8. The number of benzene rings is 2. The highest BCUT2D eigenvalue weighted by molar-refractivity contribution is 8.15. The maximum absolute atomic E-state index is 14.8. The van der Waals surface area contributed by atoms with Crippen molar-refractivity contribution in [2.75, 3.05) is 26.7 Å². The largest absolute Gasteiger partial charge is 0.366 e. The van der Waals surface area contributed by atoms with E-state index < -0.39 is 22.5 Å². The number of aliphatic imine (C=N–C) groups is 1. The van der Waals surface area contributed by atoms with Crippen LogP contribution in [0, 0.1) is 23.1 Å². The van der Waals surface area contributed by atoms with Gasteiger partial charge in [-0.05, 0) is 50.5 Å². The molecule has 2 amide bonds. The molecule has 0 spiro atoms. The van der Waals surface area contributed by atoms with Crippen molar-refractivity contribution in [3.05, 3.63) is 71.3 Å². The molecule has 0 aromatic heterocycles. The minimum atomic E-state index is -1.08. The number of hydrazone groups is 1. The molecule has 2 aromatic carbocycles. The van der Waals surface area contributed by atoms with E-state index in [1.807, 2.05) is 36.5 Å². The van der Waals surface area contributed by atoms with E-state index in [9.17, 15) is 13.6 Å². The van der Waals surface area contributed by atoms with E-state index in [0.717, 1.165) is 23.8 Å². The SMILES string of the molecule is CCON(CC)C(=O)N1N=C(c2cc(F)ccc2F)SC1(CCCNC(=NC)NC#N)c1ccccc1. The van der Waals surface area contributed by atoms with Gasteiger partial charge in [-0.15, -0.1) is 0 Å². The fourth-order valence-electron chi connectivity index (χ4n) is 3.85. The number of halogens is 2. The van der Waals surface area contributed by atoms with Gasteiger partial charge in [0.05, 0.1) is 6.61 Å². The molecule has 1 atom stereocenters. The molecule has 1 heterocycles. The van der Waals surface area contributed by atoms with Crippen molar-refractivity contribution in [3.63, 3.8) is 0 Å². The number of rotatable bonds is 9. The number of carbonyl (C=O) groups excluding carboxylic acids is 1. The second-order valence-electron chi connectivity index (χ2n) is 7.83. The van der Waals surface area contributed by atoms with E-state index in [1.165, 1.54) is 21.8 Å². The molecule has 1 unspecified atom stereocenters. The number of carbonyl (C=O) groups is 1. The molecule has 9 nitrogen and oxygen atoms in total. The zero-order valence-corrected chi connectivity index (χ0v) is 21.7. The topological polar surface area (TPSA) is 105 Å². The Morgan fingerprint density at radius 2 is 2.03 bits per heavy atom. The van der Waals surface area contributed by atoms with Crippen LogP contribution in [-0.2, 0) is 9.71 Å². The third kappa shape index (κ3) is 6.36. The number of guanidine groups is 1. The van der Waals surface area contributed by atoms with Crippen LogP contribution in [0.15, 0.2) is 58.6 Å². The summed E-state index contributed by atoms with van der Waals surface area (Å²) in [6, 6.07) is 11.9. The van der Waals surface area contributed by atoms with Gasteiger partial charge in [0.2, 0.25) is 5.96 Å². The van der Waals surface area contributed by atoms with Gasteiger partial charge < -0.3 is 5.32 Å². The molecule has 1 aliphatic rings. The molecule has 0 aliphatic carbocycles. The van der Waals surface area contributed by atoms with Gasteiger partial charge in [0, 0.05) is 25.7 Å². The Balaban J connectivity index is 2.04. The normalized spacial score (nSPS) is 17.2. The summed E-state index contributed by atoms with van der Waals surface area (Å²) >= 11 is 1.18. The van der Waals surface area contributed by atoms with E-state index in [1.54, 1.807) is 20.9 Å². The number of amides is 2. The second kappa shape index (κ2) is 13.0. The zero-order valence-electron chi connectivity index (χ0n) is 20.9. The van der Waals surface area contributed by atoms with Crippen molar-refractivity contribution in [3.8, 4) is 6.19 Å². The standard InChI is InChI=1S/C25H29F2N7O2S/c1-4-33(36-5-2)24(35)34-25(18-10-7-6-8-11-18,14-9-15-30-23(29-3)31-17-28)37-22(32-34)20-16-19(26)12-13-21(20)27/h6-8,10-13,16H,4-5,9,14-15H2,1-3H3,(H2,29,30,31). The Labute approximate surface area is 219 Å². The third-order valence-electron chi connectivity index (χ3n) is 5.53. The average molecular weight is 530 g/mol. The molecule has 196 valence electrons. The Bertz CT molecular complexity index is 1190. The molecule has 12 heteroatoms. The van der Waals surface area contributed by atoms with Crippen molar-refractivity contribution in [2.24, 2.45) is 10.1 Å². The van der Waals surface area contributed by atoms with Gasteiger partial charge >= 0.3 is 6.03 Å². The number of thioether (sulfide) groups is 1. The van der Waals surface area contributed by atoms with E-state index in [-0.39, 0.29) is 23.8 Å². The summed E-state index contributed by atoms with van der Waals surface area (Å²) in [6.45, 7) is 4.49. The first-order chi connectivity index (χ1) is 17.9. The van der Waals surface area contributed by atoms with Gasteiger partial charge in [-0.2, -0.15) is 15.4 Å². The highest BCUT2D eigenvalue weighted by Gasteiger charge is 2.50. The van der Waals surface area contributed by atoms with Crippen LogP contribution in [0.2, 0.25) is 0 Å². The molecule has 2 N–H and O–H groups in total. The molecule has 0 radical (unpaired) electrons. The number of nitriles is 1. The number of urea groups is 1. The Morgan fingerprint density at radius 3 is 2.68 bits per heavy atom. The minimum Gasteiger partial charge on any atom is -0.356 e. The van der Waals surface area contributed by atoms with Gasteiger partial charge in [0.15, 0.2) is 6.19 Å². The molecular formula is C25H29F2N7O2S. The van der Waals surface area contributed by atoms with Crippen LogP contribution < -0.4 is 10.6 Å². The molecule has 1 aliphatic heterocycles. The third-order valence-corrected chi connectivity index (χ3v) is 6.98. The molecule has 0 fully saturated rings. The van der Waals surface area contributed by atoms with E-state index in [4.69, 9.17) is 10.1 Å². The minimum absolute atomic E-state index is 0.0307. The first-order valence-corrected chi connectivity index (χ1v) is 12.6. The predicted molar refractivity (Wildman–Crippen MR) is 139 cm³/mol. The summed E-state index contributed by atoms with van der Waals surface area (Å²) in [6.07, 6.45) is 2.72. The average Bonchev–Trinajstić information content (AvgIpc) is 3.31. The van der Waals surface area contributed by atoms with Crippen molar-refractivity contribution < 1.29 is 18.4 Å². The quantitative estimate of drug-likeness (QED) is 0.125. The lowest BCUT2D eigenvalue weighted by atomic mass is 10.0. The summed E-state index contributed by atoms with van der Waals surface area (Å²) in [5, 5.41) is 21.6. The molecular weight excluding hydrogens is 500 g/mol. The van der Waals surface area contributed by atoms with Crippen LogP contribution in [0.25, 0.3) is 0 Å². The Hall–Kier alpha value is -3.69. The maximum Gasteiger partial charge on any atom is 0.366 e. The van der Waals surface area contributed by atoms with Crippen LogP contribution in [0.3, 0.4) is 0 Å². The molecule has 3 rings (SSSR count). The van der Waals surface area contributed by atoms with Crippen molar-refractivity contribution >= 4 is 28.8 Å². The van der Waals surface area contributed by atoms with Crippen LogP contribution in [0.5, 0.6) is 0 Å². The van der Waals surface area contributed by atoms with Gasteiger partial charge in [0.25, 0.3) is 0 Å². The van der Waals surface area contributed by atoms with Crippen molar-refractivity contribution in [1.29, 1.82) is 5.26 Å². The Kier molecular flexibility index (Phi) is 9.82. The fourth-order valence-corrected chi connectivity index (χ4v) is 5.27. The van der Waals surface area contributed by atoms with Crippen molar-refractivity contribution in [2.45, 2.75) is 31.6 Å². The summed E-state index contributed by atoms with van der Waals surface area (Å²) in [5.41, 5.74) is 0.729. The number of hydroxylamine groups is 2. The molecule has 0 saturated carbocycles. The molecule has 2 aromatic rings. The van der Waals surface area contributed by atoms with E-state index in [2.05, 4.69) is 20.7 Å². The highest BCUT2D eigenvalue weighted by Crippen LogP contribution is 2.51. The lowest BCUT2D eigenvalue weighted by Crippen LogP contribution is -2.48. The number of nitrogens with zero attached hydrogens (tertiary/aromatic N) is 5. The molecule has 0 saturated heterocycles. The summed E-state index contributed by atoms with van der Waals surface area (Å²) in [4.78, 5) is 22.1. The predicted octanol–water partition coefficient (Wildman–Crippen LogP) is 4.35. The fraction of sp³-hybridized carbons (Fsp3) is 0.360. The number of hydrogen-bond donors (Lipinski definition) is 2. The molecule has 0 bridgehead atoms. The summed E-state index contributed by atoms with van der Waals surface area (Å²) in [7, 11) is 1.55. The van der Waals surface area contributed by atoms with Gasteiger partial charge in [-0.25, -0.2) is 18.6 Å². The second-order valence-corrected chi connectivity index (χ2v) is 9.09. The number of hydrogen-bond acceptors (Lipinski definition) is 6. The first kappa shape index (κ1) is 27.9. The Morgan fingerprint density at radius 1 is 1.27 bits per heavy atom.